The molecule has 3 unspecified atom stereocenters. The fourth-order valence-electron chi connectivity index (χ4n) is 7.04. The summed E-state index contributed by atoms with van der Waals surface area (Å²) in [6, 6.07) is 0. The number of ketones is 1. The van der Waals surface area contributed by atoms with Crippen molar-refractivity contribution in [3.8, 4) is 0 Å². The van der Waals surface area contributed by atoms with Gasteiger partial charge in [-0.25, -0.2) is 4.39 Å². The molecule has 4 rings (SSSR count). The van der Waals surface area contributed by atoms with Crippen molar-refractivity contribution in [2.24, 2.45) is 34.5 Å². The molecule has 4 aliphatic carbocycles. The summed E-state index contributed by atoms with van der Waals surface area (Å²) in [7, 11) is 0. The van der Waals surface area contributed by atoms with Crippen molar-refractivity contribution >= 4 is 5.78 Å². The van der Waals surface area contributed by atoms with Crippen molar-refractivity contribution in [2.75, 3.05) is 0 Å². The highest BCUT2D eigenvalue weighted by molar-refractivity contribution is 5.83. The summed E-state index contributed by atoms with van der Waals surface area (Å²) in [5, 5.41) is 10.3. The number of rotatable bonds is 0. The van der Waals surface area contributed by atoms with Gasteiger partial charge in [0.05, 0.1) is 6.10 Å². The van der Waals surface area contributed by atoms with Gasteiger partial charge in [0, 0.05) is 12.3 Å². The van der Waals surface area contributed by atoms with Crippen LogP contribution < -0.4 is 0 Å². The molecule has 2 nitrogen and oxygen atoms in total. The quantitative estimate of drug-likeness (QED) is 0.737. The summed E-state index contributed by atoms with van der Waals surface area (Å²) < 4.78 is 14.2. The Bertz CT molecular complexity index is 492. The van der Waals surface area contributed by atoms with Crippen LogP contribution in [-0.2, 0) is 4.79 Å². The molecule has 4 saturated carbocycles. The predicted octanol–water partition coefficient (Wildman–Crippen LogP) is 3.91. The zero-order valence-corrected chi connectivity index (χ0v) is 13.9. The lowest BCUT2D eigenvalue weighted by Crippen LogP contribution is -2.56. The molecule has 22 heavy (non-hydrogen) atoms. The van der Waals surface area contributed by atoms with Crippen molar-refractivity contribution in [2.45, 2.75) is 77.5 Å². The minimum atomic E-state index is -1.10. The van der Waals surface area contributed by atoms with Crippen LogP contribution in [0, 0.1) is 34.5 Å². The topological polar surface area (TPSA) is 37.3 Å². The number of aliphatic hydroxyl groups is 1. The molecular weight excluding hydrogens is 279 g/mol. The maximum Gasteiger partial charge on any atom is 0.136 e. The number of hydrogen-bond acceptors (Lipinski definition) is 2. The van der Waals surface area contributed by atoms with Crippen molar-refractivity contribution in [1.29, 1.82) is 0 Å². The first-order valence-electron chi connectivity index (χ1n) is 9.23. The Morgan fingerprint density at radius 2 is 1.86 bits per heavy atom. The van der Waals surface area contributed by atoms with Crippen molar-refractivity contribution in [3.05, 3.63) is 0 Å². The van der Waals surface area contributed by atoms with Crippen LogP contribution in [0.3, 0.4) is 0 Å². The lowest BCUT2D eigenvalue weighted by Gasteiger charge is -2.59. The molecule has 1 N–H and O–H groups in total. The van der Waals surface area contributed by atoms with Crippen LogP contribution in [0.25, 0.3) is 0 Å². The highest BCUT2D eigenvalue weighted by atomic mass is 19.1. The molecule has 0 radical (unpaired) electrons. The van der Waals surface area contributed by atoms with E-state index in [9.17, 15) is 14.3 Å². The highest BCUT2D eigenvalue weighted by Crippen LogP contribution is 2.65. The average Bonchev–Trinajstić information content (AvgIpc) is 2.71. The van der Waals surface area contributed by atoms with Gasteiger partial charge in [0.2, 0.25) is 0 Å². The van der Waals surface area contributed by atoms with Crippen LogP contribution in [0.15, 0.2) is 0 Å². The summed E-state index contributed by atoms with van der Waals surface area (Å²) in [4.78, 5) is 12.8. The Hall–Kier alpha value is -0.440. The van der Waals surface area contributed by atoms with Crippen molar-refractivity contribution in [1.82, 2.24) is 0 Å². The summed E-state index contributed by atoms with van der Waals surface area (Å²) in [5.41, 5.74) is -0.169. The first kappa shape index (κ1) is 15.1. The fraction of sp³-hybridized carbons (Fsp3) is 0.947. The second kappa shape index (κ2) is 4.78. The standard InChI is InChI=1S/C19H29FO2/c1-18-7-4-3-5-13(18)16(21)9-11-12(18)6-8-19(2)14(11)10-15(20)17(19)22/h11-15,17,22H,3-10H2,1-2H3/t11-,12-,13?,14+,15?,17?,18-,19+/m1/s1. The van der Waals surface area contributed by atoms with Gasteiger partial charge in [0.25, 0.3) is 0 Å². The second-order valence-electron chi connectivity index (χ2n) is 9.09. The number of carbonyl (C=O) groups is 1. The van der Waals surface area contributed by atoms with E-state index in [1.807, 2.05) is 0 Å². The molecule has 0 aromatic carbocycles. The Morgan fingerprint density at radius 3 is 2.64 bits per heavy atom. The van der Waals surface area contributed by atoms with Gasteiger partial charge in [-0.2, -0.15) is 0 Å². The van der Waals surface area contributed by atoms with E-state index in [1.54, 1.807) is 0 Å². The molecule has 124 valence electrons. The third-order valence-corrected chi connectivity index (χ3v) is 8.30. The molecule has 0 heterocycles. The molecule has 0 aromatic heterocycles. The van der Waals surface area contributed by atoms with Crippen molar-refractivity contribution < 1.29 is 14.3 Å². The van der Waals surface area contributed by atoms with Gasteiger partial charge >= 0.3 is 0 Å². The second-order valence-corrected chi connectivity index (χ2v) is 9.09. The molecule has 0 amide bonds. The average molecular weight is 308 g/mol. The number of carbonyl (C=O) groups excluding carboxylic acids is 1. The molecule has 3 heteroatoms. The Kier molecular flexibility index (Phi) is 3.28. The highest BCUT2D eigenvalue weighted by Gasteiger charge is 2.63. The number of fused-ring (bicyclic) bond motifs is 5. The van der Waals surface area contributed by atoms with E-state index in [0.29, 0.717) is 30.5 Å². The van der Waals surface area contributed by atoms with E-state index < -0.39 is 12.3 Å². The third-order valence-electron chi connectivity index (χ3n) is 8.30. The summed E-state index contributed by atoms with van der Waals surface area (Å²) >= 11 is 0. The van der Waals surface area contributed by atoms with Crippen molar-refractivity contribution in [3.63, 3.8) is 0 Å². The van der Waals surface area contributed by atoms with E-state index >= 15 is 0 Å². The lowest BCUT2D eigenvalue weighted by atomic mass is 9.45. The normalized spacial score (nSPS) is 57.9. The van der Waals surface area contributed by atoms with Gasteiger partial charge < -0.3 is 5.11 Å². The van der Waals surface area contributed by atoms with E-state index in [1.165, 1.54) is 12.8 Å². The zero-order chi connectivity index (χ0) is 15.7. The van der Waals surface area contributed by atoms with E-state index in [0.717, 1.165) is 25.7 Å². The molecule has 0 spiro atoms. The van der Waals surface area contributed by atoms with Gasteiger partial charge in [-0.3, -0.25) is 4.79 Å². The maximum absolute atomic E-state index is 14.2. The van der Waals surface area contributed by atoms with Gasteiger partial charge in [-0.05, 0) is 60.7 Å². The van der Waals surface area contributed by atoms with E-state index in [4.69, 9.17) is 0 Å². The first-order chi connectivity index (χ1) is 10.4. The Morgan fingerprint density at radius 1 is 1.09 bits per heavy atom. The number of aliphatic hydroxyl groups excluding tert-OH is 1. The van der Waals surface area contributed by atoms with Gasteiger partial charge in [-0.15, -0.1) is 0 Å². The maximum atomic E-state index is 14.2. The minimum absolute atomic E-state index is 0.138. The molecule has 4 fully saturated rings. The first-order valence-corrected chi connectivity index (χ1v) is 9.23. The molecule has 8 atom stereocenters. The van der Waals surface area contributed by atoms with Crippen LogP contribution in [-0.4, -0.2) is 23.2 Å². The molecular formula is C19H29FO2. The number of hydrogen-bond donors (Lipinski definition) is 1. The summed E-state index contributed by atoms with van der Waals surface area (Å²) in [6.07, 6.45) is 5.84. The van der Waals surface area contributed by atoms with Gasteiger partial charge in [0.1, 0.15) is 12.0 Å². The van der Waals surface area contributed by atoms with E-state index in [-0.39, 0.29) is 22.7 Å². The lowest BCUT2D eigenvalue weighted by molar-refractivity contribution is -0.155. The van der Waals surface area contributed by atoms with Gasteiger partial charge in [-0.1, -0.05) is 26.7 Å². The molecule has 0 aromatic rings. The molecule has 0 saturated heterocycles. The summed E-state index contributed by atoms with van der Waals surface area (Å²) in [6.45, 7) is 4.41. The number of halogens is 1. The van der Waals surface area contributed by atoms with Crippen LogP contribution in [0.5, 0.6) is 0 Å². The number of alkyl halides is 1. The zero-order valence-electron chi connectivity index (χ0n) is 13.9. The van der Waals surface area contributed by atoms with Crippen LogP contribution in [0.1, 0.15) is 65.2 Å². The smallest absolute Gasteiger partial charge is 0.136 e. The SMILES string of the molecule is C[C@]12CCCCC1C(=O)C[C@@H]1[C@H]2CC[C@]2(C)C(O)C(F)C[C@@H]12. The fourth-order valence-corrected chi connectivity index (χ4v) is 7.04. The predicted molar refractivity (Wildman–Crippen MR) is 83.0 cm³/mol. The molecule has 4 aliphatic rings. The molecule has 0 aliphatic heterocycles. The summed E-state index contributed by atoms with van der Waals surface area (Å²) in [5.74, 6) is 1.75. The molecule has 0 bridgehead atoms. The minimum Gasteiger partial charge on any atom is -0.390 e. The largest absolute Gasteiger partial charge is 0.390 e. The van der Waals surface area contributed by atoms with Crippen LogP contribution >= 0.6 is 0 Å². The Balaban J connectivity index is 1.70. The van der Waals surface area contributed by atoms with Crippen LogP contribution in [0.4, 0.5) is 4.39 Å². The monoisotopic (exact) mass is 308 g/mol. The van der Waals surface area contributed by atoms with Gasteiger partial charge in [0.15, 0.2) is 0 Å². The number of Topliss-reactive ketones (excluding diaryl/α,β-unsaturated/α-hetero) is 1. The third kappa shape index (κ3) is 1.78. The van der Waals surface area contributed by atoms with E-state index in [2.05, 4.69) is 13.8 Å². The Labute approximate surface area is 132 Å². The van der Waals surface area contributed by atoms with Crippen LogP contribution in [0.2, 0.25) is 0 Å².